The Balaban J connectivity index is 2.17. The number of hydrogen-bond donors (Lipinski definition) is 1. The maximum Gasteiger partial charge on any atom is 0.182 e. The Hall–Kier alpha value is -1.00. The van der Waals surface area contributed by atoms with Crippen molar-refractivity contribution in [1.29, 1.82) is 0 Å². The van der Waals surface area contributed by atoms with Gasteiger partial charge in [0.05, 0.1) is 5.69 Å². The summed E-state index contributed by atoms with van der Waals surface area (Å²) in [4.78, 5) is 5.80. The fourth-order valence-corrected chi connectivity index (χ4v) is 3.02. The van der Waals surface area contributed by atoms with E-state index < -0.39 is 0 Å². The third kappa shape index (κ3) is 3.23. The van der Waals surface area contributed by atoms with Gasteiger partial charge in [-0.2, -0.15) is 0 Å². The Labute approximate surface area is 110 Å². The van der Waals surface area contributed by atoms with Crippen LogP contribution in [-0.4, -0.2) is 17.3 Å². The van der Waals surface area contributed by atoms with Crippen LogP contribution in [0.4, 0.5) is 5.13 Å². The maximum atomic E-state index is 4.49. The van der Waals surface area contributed by atoms with Crippen LogP contribution in [0.25, 0.3) is 11.3 Å². The maximum absolute atomic E-state index is 4.49. The first-order valence-electron chi connectivity index (χ1n) is 5.59. The average molecular weight is 264 g/mol. The van der Waals surface area contributed by atoms with E-state index >= 15 is 0 Å². The number of anilines is 1. The van der Waals surface area contributed by atoms with Crippen LogP contribution < -0.4 is 5.32 Å². The van der Waals surface area contributed by atoms with Gasteiger partial charge in [0, 0.05) is 28.1 Å². The van der Waals surface area contributed by atoms with Crippen LogP contribution in [0.2, 0.25) is 0 Å². The number of rotatable bonds is 4. The fourth-order valence-electron chi connectivity index (χ4n) is 1.50. The lowest BCUT2D eigenvalue weighted by atomic mass is 10.2. The third-order valence-electron chi connectivity index (χ3n) is 2.24. The van der Waals surface area contributed by atoms with Gasteiger partial charge in [-0.3, -0.25) is 0 Å². The van der Waals surface area contributed by atoms with Gasteiger partial charge in [-0.15, -0.1) is 23.1 Å². The molecule has 0 atom stereocenters. The summed E-state index contributed by atoms with van der Waals surface area (Å²) < 4.78 is 0. The van der Waals surface area contributed by atoms with E-state index in [0.717, 1.165) is 10.8 Å². The second kappa shape index (κ2) is 5.56. The topological polar surface area (TPSA) is 24.9 Å². The van der Waals surface area contributed by atoms with Crippen LogP contribution in [0, 0.1) is 0 Å². The van der Waals surface area contributed by atoms with Crippen molar-refractivity contribution in [2.75, 3.05) is 12.4 Å². The Morgan fingerprint density at radius 1 is 1.24 bits per heavy atom. The normalized spacial score (nSPS) is 10.8. The van der Waals surface area contributed by atoms with Gasteiger partial charge < -0.3 is 5.32 Å². The van der Waals surface area contributed by atoms with E-state index in [1.165, 1.54) is 10.5 Å². The average Bonchev–Trinajstić information content (AvgIpc) is 2.78. The van der Waals surface area contributed by atoms with Crippen LogP contribution >= 0.6 is 23.1 Å². The van der Waals surface area contributed by atoms with E-state index in [4.69, 9.17) is 0 Å². The SMILES string of the molecule is CNc1nc(-c2ccc(SC(C)C)cc2)cs1. The molecular weight excluding hydrogens is 248 g/mol. The summed E-state index contributed by atoms with van der Waals surface area (Å²) in [6, 6.07) is 8.61. The van der Waals surface area contributed by atoms with Crippen molar-refractivity contribution in [1.82, 2.24) is 4.98 Å². The molecule has 0 amide bonds. The van der Waals surface area contributed by atoms with Crippen LogP contribution in [0.3, 0.4) is 0 Å². The van der Waals surface area contributed by atoms with Gasteiger partial charge in [-0.05, 0) is 12.1 Å². The lowest BCUT2D eigenvalue weighted by Gasteiger charge is -2.05. The molecule has 1 aromatic heterocycles. The standard InChI is InChI=1S/C13H16N2S2/c1-9(2)17-11-6-4-10(5-7-11)12-8-16-13(14-3)15-12/h4-9H,1-3H3,(H,14,15). The first-order valence-corrected chi connectivity index (χ1v) is 7.35. The van der Waals surface area contributed by atoms with Gasteiger partial charge in [-0.1, -0.05) is 26.0 Å². The molecule has 2 nitrogen and oxygen atoms in total. The van der Waals surface area contributed by atoms with E-state index in [2.05, 4.69) is 53.8 Å². The Bertz CT molecular complexity index is 474. The van der Waals surface area contributed by atoms with E-state index in [9.17, 15) is 0 Å². The number of nitrogens with one attached hydrogen (secondary N) is 1. The highest BCUT2D eigenvalue weighted by Gasteiger charge is 2.04. The summed E-state index contributed by atoms with van der Waals surface area (Å²) in [5.41, 5.74) is 2.22. The Morgan fingerprint density at radius 2 is 1.94 bits per heavy atom. The zero-order chi connectivity index (χ0) is 12.3. The summed E-state index contributed by atoms with van der Waals surface area (Å²) in [6.07, 6.45) is 0. The molecule has 0 aliphatic carbocycles. The summed E-state index contributed by atoms with van der Waals surface area (Å²) >= 11 is 3.51. The summed E-state index contributed by atoms with van der Waals surface area (Å²) in [7, 11) is 1.89. The predicted molar refractivity (Wildman–Crippen MR) is 78.1 cm³/mol. The second-order valence-corrected chi connectivity index (χ2v) is 6.49. The molecule has 17 heavy (non-hydrogen) atoms. The van der Waals surface area contributed by atoms with Crippen LogP contribution in [0.15, 0.2) is 34.5 Å². The monoisotopic (exact) mass is 264 g/mol. The lowest BCUT2D eigenvalue weighted by Crippen LogP contribution is -1.87. The van der Waals surface area contributed by atoms with E-state index in [0.29, 0.717) is 5.25 Å². The number of thiazole rings is 1. The molecule has 0 unspecified atom stereocenters. The van der Waals surface area contributed by atoms with Crippen molar-refractivity contribution in [3.8, 4) is 11.3 Å². The highest BCUT2D eigenvalue weighted by atomic mass is 32.2. The molecule has 90 valence electrons. The molecule has 0 saturated heterocycles. The van der Waals surface area contributed by atoms with Crippen molar-refractivity contribution in [3.05, 3.63) is 29.6 Å². The molecule has 1 heterocycles. The zero-order valence-electron chi connectivity index (χ0n) is 10.2. The molecule has 1 N–H and O–H groups in total. The zero-order valence-corrected chi connectivity index (χ0v) is 11.9. The van der Waals surface area contributed by atoms with Crippen molar-refractivity contribution in [2.24, 2.45) is 0 Å². The quantitative estimate of drug-likeness (QED) is 0.831. The molecule has 0 fully saturated rings. The van der Waals surface area contributed by atoms with Gasteiger partial charge in [0.15, 0.2) is 5.13 Å². The fraction of sp³-hybridized carbons (Fsp3) is 0.308. The van der Waals surface area contributed by atoms with Crippen LogP contribution in [-0.2, 0) is 0 Å². The highest BCUT2D eigenvalue weighted by Crippen LogP contribution is 2.28. The minimum atomic E-state index is 0.621. The highest BCUT2D eigenvalue weighted by molar-refractivity contribution is 7.99. The molecule has 2 rings (SSSR count). The van der Waals surface area contributed by atoms with E-state index in [-0.39, 0.29) is 0 Å². The minimum absolute atomic E-state index is 0.621. The van der Waals surface area contributed by atoms with Gasteiger partial charge in [0.1, 0.15) is 0 Å². The number of hydrogen-bond acceptors (Lipinski definition) is 4. The van der Waals surface area contributed by atoms with Crippen molar-refractivity contribution < 1.29 is 0 Å². The number of nitrogens with zero attached hydrogens (tertiary/aromatic N) is 1. The van der Waals surface area contributed by atoms with Crippen LogP contribution in [0.5, 0.6) is 0 Å². The summed E-state index contributed by atoms with van der Waals surface area (Å²) in [5.74, 6) is 0. The van der Waals surface area contributed by atoms with Gasteiger partial charge >= 0.3 is 0 Å². The van der Waals surface area contributed by atoms with Gasteiger partial charge in [0.25, 0.3) is 0 Å². The van der Waals surface area contributed by atoms with Gasteiger partial charge in [0.2, 0.25) is 0 Å². The second-order valence-electron chi connectivity index (χ2n) is 3.98. The van der Waals surface area contributed by atoms with E-state index in [1.54, 1.807) is 11.3 Å². The van der Waals surface area contributed by atoms with Crippen molar-refractivity contribution in [2.45, 2.75) is 24.0 Å². The molecule has 2 aromatic rings. The number of thioether (sulfide) groups is 1. The summed E-state index contributed by atoms with van der Waals surface area (Å²) in [5, 5.41) is 6.72. The lowest BCUT2D eigenvalue weighted by molar-refractivity contribution is 1.11. The van der Waals surface area contributed by atoms with Crippen molar-refractivity contribution in [3.63, 3.8) is 0 Å². The predicted octanol–water partition coefficient (Wildman–Crippen LogP) is 4.35. The molecule has 0 radical (unpaired) electrons. The van der Waals surface area contributed by atoms with E-state index in [1.807, 2.05) is 18.8 Å². The molecule has 0 aliphatic heterocycles. The first kappa shape index (κ1) is 12.5. The molecule has 4 heteroatoms. The molecule has 0 spiro atoms. The molecule has 1 aromatic carbocycles. The van der Waals surface area contributed by atoms with Gasteiger partial charge in [-0.25, -0.2) is 4.98 Å². The van der Waals surface area contributed by atoms with Crippen LogP contribution in [0.1, 0.15) is 13.8 Å². The third-order valence-corrected chi connectivity index (χ3v) is 4.12. The summed E-state index contributed by atoms with van der Waals surface area (Å²) in [6.45, 7) is 4.41. The molecule has 0 aliphatic rings. The Morgan fingerprint density at radius 3 is 2.47 bits per heavy atom. The number of aromatic nitrogens is 1. The largest absolute Gasteiger partial charge is 0.365 e. The smallest absolute Gasteiger partial charge is 0.182 e. The number of benzene rings is 1. The molecule has 0 saturated carbocycles. The first-order chi connectivity index (χ1) is 8.19. The molecular formula is C13H16N2S2. The van der Waals surface area contributed by atoms with Crippen molar-refractivity contribution >= 4 is 28.2 Å². The Kier molecular flexibility index (Phi) is 4.07. The molecule has 0 bridgehead atoms. The minimum Gasteiger partial charge on any atom is -0.365 e.